The molecule has 3 nitrogen and oxygen atoms in total. The molecule has 2 unspecified atom stereocenters. The largest absolute Gasteiger partial charge is 0.481 e. The van der Waals surface area contributed by atoms with Crippen LogP contribution in [-0.2, 0) is 11.3 Å². The number of aliphatic carboxylic acids is 1. The van der Waals surface area contributed by atoms with Gasteiger partial charge in [-0.2, -0.15) is 0 Å². The van der Waals surface area contributed by atoms with Crippen molar-refractivity contribution in [1.29, 1.82) is 0 Å². The zero-order valence-corrected chi connectivity index (χ0v) is 12.8. The third-order valence-electron chi connectivity index (χ3n) is 3.96. The molecule has 20 heavy (non-hydrogen) atoms. The lowest BCUT2D eigenvalue weighted by Gasteiger charge is -2.28. The molecule has 0 aliphatic heterocycles. The van der Waals surface area contributed by atoms with Crippen LogP contribution in [0.2, 0.25) is 0 Å². The molecule has 1 aliphatic rings. The van der Waals surface area contributed by atoms with Crippen LogP contribution in [0.1, 0.15) is 31.2 Å². The van der Waals surface area contributed by atoms with E-state index in [4.69, 9.17) is 0 Å². The highest BCUT2D eigenvalue weighted by atomic mass is 79.9. The van der Waals surface area contributed by atoms with E-state index >= 15 is 0 Å². The molecule has 1 aromatic carbocycles. The van der Waals surface area contributed by atoms with Crippen LogP contribution in [0, 0.1) is 17.7 Å². The molecular weight excluding hydrogens is 325 g/mol. The Morgan fingerprint density at radius 3 is 2.85 bits per heavy atom. The third-order valence-corrected chi connectivity index (χ3v) is 4.70. The maximum absolute atomic E-state index is 13.0. The van der Waals surface area contributed by atoms with Gasteiger partial charge in [0.2, 0.25) is 0 Å². The second-order valence-electron chi connectivity index (χ2n) is 5.36. The van der Waals surface area contributed by atoms with Crippen molar-refractivity contribution in [3.63, 3.8) is 0 Å². The lowest BCUT2D eigenvalue weighted by atomic mass is 9.79. The monoisotopic (exact) mass is 343 g/mol. The van der Waals surface area contributed by atoms with Crippen molar-refractivity contribution in [3.8, 4) is 0 Å². The molecule has 1 aromatic rings. The predicted molar refractivity (Wildman–Crippen MR) is 78.9 cm³/mol. The molecule has 1 fully saturated rings. The molecule has 1 aliphatic carbocycles. The summed E-state index contributed by atoms with van der Waals surface area (Å²) in [7, 11) is 0. The number of hydrogen-bond acceptors (Lipinski definition) is 2. The molecule has 1 saturated carbocycles. The summed E-state index contributed by atoms with van der Waals surface area (Å²) in [6.07, 6.45) is 3.86. The summed E-state index contributed by atoms with van der Waals surface area (Å²) >= 11 is 3.33. The normalized spacial score (nSPS) is 22.7. The fourth-order valence-electron chi connectivity index (χ4n) is 2.83. The van der Waals surface area contributed by atoms with Crippen molar-refractivity contribution in [2.75, 3.05) is 6.54 Å². The SMILES string of the molecule is O=C(O)C1CCCCC1CNCc1ccc(F)cc1Br. The van der Waals surface area contributed by atoms with Crippen LogP contribution in [0.5, 0.6) is 0 Å². The lowest BCUT2D eigenvalue weighted by molar-refractivity contribution is -0.144. The van der Waals surface area contributed by atoms with Gasteiger partial charge in [-0.05, 0) is 43.0 Å². The summed E-state index contributed by atoms with van der Waals surface area (Å²) < 4.78 is 13.7. The van der Waals surface area contributed by atoms with Gasteiger partial charge in [0, 0.05) is 11.0 Å². The summed E-state index contributed by atoms with van der Waals surface area (Å²) in [6.45, 7) is 1.31. The zero-order valence-electron chi connectivity index (χ0n) is 11.2. The molecule has 2 N–H and O–H groups in total. The molecule has 0 amide bonds. The Morgan fingerprint density at radius 2 is 2.15 bits per heavy atom. The second-order valence-corrected chi connectivity index (χ2v) is 6.21. The predicted octanol–water partition coefficient (Wildman–Crippen LogP) is 3.57. The smallest absolute Gasteiger partial charge is 0.306 e. The van der Waals surface area contributed by atoms with E-state index in [1.165, 1.54) is 12.1 Å². The topological polar surface area (TPSA) is 49.3 Å². The minimum Gasteiger partial charge on any atom is -0.481 e. The average Bonchev–Trinajstić information content (AvgIpc) is 2.41. The Labute approximate surface area is 126 Å². The average molecular weight is 344 g/mol. The van der Waals surface area contributed by atoms with Crippen LogP contribution >= 0.6 is 15.9 Å². The van der Waals surface area contributed by atoms with Crippen LogP contribution < -0.4 is 5.32 Å². The van der Waals surface area contributed by atoms with Gasteiger partial charge in [-0.1, -0.05) is 34.8 Å². The number of hydrogen-bond donors (Lipinski definition) is 2. The van der Waals surface area contributed by atoms with E-state index in [1.54, 1.807) is 6.07 Å². The van der Waals surface area contributed by atoms with E-state index in [-0.39, 0.29) is 17.7 Å². The first-order valence-corrected chi connectivity index (χ1v) is 7.74. The zero-order chi connectivity index (χ0) is 14.5. The highest BCUT2D eigenvalue weighted by molar-refractivity contribution is 9.10. The van der Waals surface area contributed by atoms with Crippen molar-refractivity contribution in [3.05, 3.63) is 34.1 Å². The van der Waals surface area contributed by atoms with E-state index < -0.39 is 5.97 Å². The van der Waals surface area contributed by atoms with E-state index in [9.17, 15) is 14.3 Å². The van der Waals surface area contributed by atoms with Crippen LogP contribution in [0.4, 0.5) is 4.39 Å². The fraction of sp³-hybridized carbons (Fsp3) is 0.533. The molecule has 0 radical (unpaired) electrons. The standard InChI is InChI=1S/C15H19BrFNO2/c16-14-7-12(17)6-5-11(14)9-18-8-10-3-1-2-4-13(10)15(19)20/h5-7,10,13,18H,1-4,8-9H2,(H,19,20). The van der Waals surface area contributed by atoms with Crippen molar-refractivity contribution >= 4 is 21.9 Å². The van der Waals surface area contributed by atoms with Crippen LogP contribution in [-0.4, -0.2) is 17.6 Å². The van der Waals surface area contributed by atoms with Gasteiger partial charge >= 0.3 is 5.97 Å². The molecule has 2 rings (SSSR count). The number of benzene rings is 1. The molecule has 0 aromatic heterocycles. The van der Waals surface area contributed by atoms with Crippen LogP contribution in [0.15, 0.2) is 22.7 Å². The molecule has 5 heteroatoms. The van der Waals surface area contributed by atoms with Gasteiger partial charge in [-0.15, -0.1) is 0 Å². The van der Waals surface area contributed by atoms with Crippen LogP contribution in [0.25, 0.3) is 0 Å². The van der Waals surface area contributed by atoms with E-state index in [2.05, 4.69) is 21.2 Å². The first kappa shape index (κ1) is 15.4. The van der Waals surface area contributed by atoms with Crippen molar-refractivity contribution in [2.45, 2.75) is 32.2 Å². The number of carbonyl (C=O) groups is 1. The van der Waals surface area contributed by atoms with Crippen molar-refractivity contribution in [1.82, 2.24) is 5.32 Å². The van der Waals surface area contributed by atoms with E-state index in [0.717, 1.165) is 35.7 Å². The summed E-state index contributed by atoms with van der Waals surface area (Å²) in [6, 6.07) is 4.61. The van der Waals surface area contributed by atoms with Gasteiger partial charge < -0.3 is 10.4 Å². The first-order chi connectivity index (χ1) is 9.58. The van der Waals surface area contributed by atoms with Gasteiger partial charge in [-0.25, -0.2) is 4.39 Å². The number of carboxylic acid groups (broad SMARTS) is 1. The maximum Gasteiger partial charge on any atom is 0.306 e. The molecule has 110 valence electrons. The third kappa shape index (κ3) is 4.03. The quantitative estimate of drug-likeness (QED) is 0.859. The Morgan fingerprint density at radius 1 is 1.40 bits per heavy atom. The molecule has 0 saturated heterocycles. The summed E-state index contributed by atoms with van der Waals surface area (Å²) in [4.78, 5) is 11.2. The van der Waals surface area contributed by atoms with Crippen molar-refractivity contribution in [2.24, 2.45) is 11.8 Å². The lowest BCUT2D eigenvalue weighted by Crippen LogP contribution is -2.34. The minimum absolute atomic E-state index is 0.195. The molecule has 2 atom stereocenters. The van der Waals surface area contributed by atoms with Gasteiger partial charge in [0.1, 0.15) is 5.82 Å². The Hall–Kier alpha value is -0.940. The number of rotatable bonds is 5. The minimum atomic E-state index is -0.681. The summed E-state index contributed by atoms with van der Waals surface area (Å²) in [5.74, 6) is -0.980. The Bertz CT molecular complexity index is 481. The molecular formula is C15H19BrFNO2. The summed E-state index contributed by atoms with van der Waals surface area (Å²) in [5.41, 5.74) is 0.981. The van der Waals surface area contributed by atoms with Crippen molar-refractivity contribution < 1.29 is 14.3 Å². The number of nitrogens with one attached hydrogen (secondary N) is 1. The Kier molecular flexibility index (Phi) is 5.54. The molecule has 0 spiro atoms. The molecule has 0 bridgehead atoms. The maximum atomic E-state index is 13.0. The van der Waals surface area contributed by atoms with Gasteiger partial charge in [0.25, 0.3) is 0 Å². The Balaban J connectivity index is 1.86. The van der Waals surface area contributed by atoms with Gasteiger partial charge in [-0.3, -0.25) is 4.79 Å². The highest BCUT2D eigenvalue weighted by Crippen LogP contribution is 2.30. The highest BCUT2D eigenvalue weighted by Gasteiger charge is 2.30. The summed E-state index contributed by atoms with van der Waals surface area (Å²) in [5, 5.41) is 12.5. The van der Waals surface area contributed by atoms with Gasteiger partial charge in [0.05, 0.1) is 5.92 Å². The first-order valence-electron chi connectivity index (χ1n) is 6.95. The van der Waals surface area contributed by atoms with E-state index in [1.807, 2.05) is 0 Å². The van der Waals surface area contributed by atoms with Crippen LogP contribution in [0.3, 0.4) is 0 Å². The number of carboxylic acids is 1. The number of halogens is 2. The van der Waals surface area contributed by atoms with Gasteiger partial charge in [0.15, 0.2) is 0 Å². The fourth-order valence-corrected chi connectivity index (χ4v) is 3.33. The van der Waals surface area contributed by atoms with E-state index in [0.29, 0.717) is 13.1 Å². The molecule has 0 heterocycles. The second kappa shape index (κ2) is 7.18.